The van der Waals surface area contributed by atoms with Gasteiger partial charge in [-0.05, 0) is 45.0 Å². The number of hydrogen-bond donors (Lipinski definition) is 2. The summed E-state index contributed by atoms with van der Waals surface area (Å²) in [7, 11) is 1.65. The highest BCUT2D eigenvalue weighted by Crippen LogP contribution is 2.16. The van der Waals surface area contributed by atoms with Gasteiger partial charge in [0.05, 0.1) is 13.7 Å². The van der Waals surface area contributed by atoms with Crippen molar-refractivity contribution in [1.29, 1.82) is 0 Å². The quantitative estimate of drug-likeness (QED) is 0.439. The molecule has 2 N–H and O–H groups in total. The van der Waals surface area contributed by atoms with Crippen LogP contribution in [0.15, 0.2) is 29.3 Å². The monoisotopic (exact) mass is 293 g/mol. The zero-order chi connectivity index (χ0) is 15.5. The van der Waals surface area contributed by atoms with Crippen molar-refractivity contribution in [3.8, 4) is 11.5 Å². The van der Waals surface area contributed by atoms with Gasteiger partial charge in [0.2, 0.25) is 0 Å². The van der Waals surface area contributed by atoms with Gasteiger partial charge < -0.3 is 20.1 Å². The van der Waals surface area contributed by atoms with E-state index in [4.69, 9.17) is 9.47 Å². The molecule has 5 heteroatoms. The van der Waals surface area contributed by atoms with Crippen LogP contribution >= 0.6 is 0 Å². The average molecular weight is 293 g/mol. The molecule has 5 nitrogen and oxygen atoms in total. The standard InChI is InChI=1S/C16H27N3O2/c1-5-17-16(19-13(2)3)18-11-6-12-21-15-9-7-14(20-4)8-10-15/h7-10,13H,5-6,11-12H2,1-4H3,(H2,17,18,19). The van der Waals surface area contributed by atoms with E-state index in [0.717, 1.165) is 37.0 Å². The number of ether oxygens (including phenoxy) is 2. The molecule has 0 bridgehead atoms. The number of rotatable bonds is 8. The van der Waals surface area contributed by atoms with Gasteiger partial charge in [0.25, 0.3) is 0 Å². The van der Waals surface area contributed by atoms with Crippen molar-refractivity contribution in [2.75, 3.05) is 26.8 Å². The summed E-state index contributed by atoms with van der Waals surface area (Å²) in [4.78, 5) is 4.51. The first kappa shape index (κ1) is 17.1. The lowest BCUT2D eigenvalue weighted by Crippen LogP contribution is -2.41. The molecule has 0 aliphatic rings. The first-order valence-electron chi connectivity index (χ1n) is 7.47. The molecule has 0 unspecified atom stereocenters. The molecular formula is C16H27N3O2. The molecule has 0 amide bonds. The van der Waals surface area contributed by atoms with Crippen molar-refractivity contribution in [2.24, 2.45) is 4.99 Å². The van der Waals surface area contributed by atoms with Gasteiger partial charge in [0.15, 0.2) is 5.96 Å². The molecule has 0 radical (unpaired) electrons. The first-order valence-corrected chi connectivity index (χ1v) is 7.47. The molecule has 1 aromatic rings. The number of methoxy groups -OCH3 is 1. The van der Waals surface area contributed by atoms with Crippen molar-refractivity contribution in [3.05, 3.63) is 24.3 Å². The minimum atomic E-state index is 0.373. The number of nitrogens with zero attached hydrogens (tertiary/aromatic N) is 1. The lowest BCUT2D eigenvalue weighted by atomic mass is 10.3. The molecule has 0 aliphatic heterocycles. The largest absolute Gasteiger partial charge is 0.497 e. The second kappa shape index (κ2) is 9.91. The minimum absolute atomic E-state index is 0.373. The van der Waals surface area contributed by atoms with Crippen LogP contribution in [-0.4, -0.2) is 38.8 Å². The first-order chi connectivity index (χ1) is 10.2. The van der Waals surface area contributed by atoms with Crippen molar-refractivity contribution >= 4 is 5.96 Å². The lowest BCUT2D eigenvalue weighted by Gasteiger charge is -2.13. The van der Waals surface area contributed by atoms with Crippen molar-refractivity contribution in [3.63, 3.8) is 0 Å². The summed E-state index contributed by atoms with van der Waals surface area (Å²) in [5.74, 6) is 2.55. The zero-order valence-corrected chi connectivity index (χ0v) is 13.5. The van der Waals surface area contributed by atoms with Crippen LogP contribution in [0.25, 0.3) is 0 Å². The summed E-state index contributed by atoms with van der Waals surface area (Å²) in [6.45, 7) is 8.50. The molecule has 0 heterocycles. The Morgan fingerprint density at radius 3 is 2.43 bits per heavy atom. The molecule has 0 atom stereocenters. The fourth-order valence-electron chi connectivity index (χ4n) is 1.71. The van der Waals surface area contributed by atoms with Gasteiger partial charge in [-0.15, -0.1) is 0 Å². The van der Waals surface area contributed by atoms with Crippen molar-refractivity contribution in [1.82, 2.24) is 10.6 Å². The molecule has 0 saturated carbocycles. The predicted octanol–water partition coefficient (Wildman–Crippen LogP) is 2.43. The second-order valence-electron chi connectivity index (χ2n) is 4.94. The van der Waals surface area contributed by atoms with E-state index >= 15 is 0 Å². The Morgan fingerprint density at radius 2 is 1.86 bits per heavy atom. The number of guanidine groups is 1. The van der Waals surface area contributed by atoms with E-state index in [2.05, 4.69) is 36.4 Å². The van der Waals surface area contributed by atoms with Gasteiger partial charge in [-0.25, -0.2) is 0 Å². The molecule has 0 saturated heterocycles. The highest BCUT2D eigenvalue weighted by molar-refractivity contribution is 5.79. The van der Waals surface area contributed by atoms with Gasteiger partial charge in [0, 0.05) is 25.6 Å². The van der Waals surface area contributed by atoms with E-state index in [1.165, 1.54) is 0 Å². The topological polar surface area (TPSA) is 54.9 Å². The summed E-state index contributed by atoms with van der Waals surface area (Å²) < 4.78 is 10.8. The van der Waals surface area contributed by atoms with Crippen LogP contribution in [0.5, 0.6) is 11.5 Å². The molecule has 1 aromatic carbocycles. The highest BCUT2D eigenvalue weighted by Gasteiger charge is 1.99. The van der Waals surface area contributed by atoms with Crippen LogP contribution in [0.4, 0.5) is 0 Å². The van der Waals surface area contributed by atoms with Gasteiger partial charge in [-0.2, -0.15) is 0 Å². The SMILES string of the molecule is CCNC(=NCCCOc1ccc(OC)cc1)NC(C)C. The van der Waals surface area contributed by atoms with E-state index < -0.39 is 0 Å². The second-order valence-corrected chi connectivity index (χ2v) is 4.94. The molecule has 1 rings (SSSR count). The summed E-state index contributed by atoms with van der Waals surface area (Å²) in [6.07, 6.45) is 0.876. The Morgan fingerprint density at radius 1 is 1.19 bits per heavy atom. The molecule has 0 fully saturated rings. The maximum absolute atomic E-state index is 5.66. The number of hydrogen-bond acceptors (Lipinski definition) is 3. The third-order valence-electron chi connectivity index (χ3n) is 2.67. The Bertz CT molecular complexity index is 416. The Kier molecular flexibility index (Phi) is 8.09. The molecule has 0 spiro atoms. The Hall–Kier alpha value is -1.91. The number of benzene rings is 1. The molecule has 21 heavy (non-hydrogen) atoms. The summed E-state index contributed by atoms with van der Waals surface area (Å²) in [5.41, 5.74) is 0. The van der Waals surface area contributed by atoms with E-state index in [1.54, 1.807) is 7.11 Å². The van der Waals surface area contributed by atoms with Crippen molar-refractivity contribution in [2.45, 2.75) is 33.2 Å². The number of aliphatic imine (C=N–C) groups is 1. The van der Waals surface area contributed by atoms with Gasteiger partial charge in [0.1, 0.15) is 11.5 Å². The van der Waals surface area contributed by atoms with E-state index in [1.807, 2.05) is 24.3 Å². The average Bonchev–Trinajstić information content (AvgIpc) is 2.47. The Labute approximate surface area is 127 Å². The summed E-state index contributed by atoms with van der Waals surface area (Å²) in [5, 5.41) is 6.51. The van der Waals surface area contributed by atoms with E-state index in [-0.39, 0.29) is 0 Å². The lowest BCUT2D eigenvalue weighted by molar-refractivity contribution is 0.312. The van der Waals surface area contributed by atoms with Crippen LogP contribution in [0, 0.1) is 0 Å². The van der Waals surface area contributed by atoms with Crippen LogP contribution in [-0.2, 0) is 0 Å². The van der Waals surface area contributed by atoms with Crippen LogP contribution < -0.4 is 20.1 Å². The predicted molar refractivity (Wildman–Crippen MR) is 87.4 cm³/mol. The maximum Gasteiger partial charge on any atom is 0.191 e. The third-order valence-corrected chi connectivity index (χ3v) is 2.67. The van der Waals surface area contributed by atoms with Gasteiger partial charge in [-0.3, -0.25) is 4.99 Å². The summed E-state index contributed by atoms with van der Waals surface area (Å²) >= 11 is 0. The summed E-state index contributed by atoms with van der Waals surface area (Å²) in [6, 6.07) is 7.98. The van der Waals surface area contributed by atoms with Crippen LogP contribution in [0.2, 0.25) is 0 Å². The van der Waals surface area contributed by atoms with E-state index in [9.17, 15) is 0 Å². The molecule has 0 aliphatic carbocycles. The molecule has 118 valence electrons. The third kappa shape index (κ3) is 7.44. The van der Waals surface area contributed by atoms with Gasteiger partial charge in [-0.1, -0.05) is 0 Å². The Balaban J connectivity index is 2.28. The van der Waals surface area contributed by atoms with Gasteiger partial charge >= 0.3 is 0 Å². The van der Waals surface area contributed by atoms with E-state index in [0.29, 0.717) is 12.6 Å². The number of nitrogens with one attached hydrogen (secondary N) is 2. The smallest absolute Gasteiger partial charge is 0.191 e. The molecule has 0 aromatic heterocycles. The zero-order valence-electron chi connectivity index (χ0n) is 13.5. The maximum atomic E-state index is 5.66. The fourth-order valence-corrected chi connectivity index (χ4v) is 1.71. The van der Waals surface area contributed by atoms with Crippen LogP contribution in [0.3, 0.4) is 0 Å². The van der Waals surface area contributed by atoms with Crippen molar-refractivity contribution < 1.29 is 9.47 Å². The fraction of sp³-hybridized carbons (Fsp3) is 0.562. The highest BCUT2D eigenvalue weighted by atomic mass is 16.5. The molecular weight excluding hydrogens is 266 g/mol. The normalized spacial score (nSPS) is 11.4. The minimum Gasteiger partial charge on any atom is -0.497 e. The van der Waals surface area contributed by atoms with Crippen LogP contribution in [0.1, 0.15) is 27.2 Å².